The number of thioether (sulfide) groups is 1. The molecule has 6 nitrogen and oxygen atoms in total. The summed E-state index contributed by atoms with van der Waals surface area (Å²) in [4.78, 5) is 24.2. The second-order valence-corrected chi connectivity index (χ2v) is 8.93. The molecule has 1 N–H and O–H groups in total. The second kappa shape index (κ2) is 10.9. The van der Waals surface area contributed by atoms with E-state index in [4.69, 9.17) is 0 Å². The van der Waals surface area contributed by atoms with Crippen molar-refractivity contribution >= 4 is 23.5 Å². The third-order valence-electron chi connectivity index (χ3n) is 5.40. The average molecular weight is 471 g/mol. The molecule has 1 unspecified atom stereocenters. The highest BCUT2D eigenvalue weighted by Gasteiger charge is 2.17. The van der Waals surface area contributed by atoms with Crippen molar-refractivity contribution in [1.29, 1.82) is 0 Å². The summed E-state index contributed by atoms with van der Waals surface area (Å²) in [6.45, 7) is 3.41. The van der Waals surface area contributed by atoms with Gasteiger partial charge in [-0.25, -0.2) is 0 Å². The van der Waals surface area contributed by atoms with Gasteiger partial charge in [-0.05, 0) is 30.2 Å². The number of rotatable bonds is 9. The molecule has 0 aliphatic rings. The molecule has 0 spiro atoms. The predicted octanol–water partition coefficient (Wildman–Crippen LogP) is 5.03. The first-order valence-electron chi connectivity index (χ1n) is 11.1. The van der Waals surface area contributed by atoms with Gasteiger partial charge in [-0.15, -0.1) is 10.2 Å². The molecule has 0 radical (unpaired) electrons. The van der Waals surface area contributed by atoms with Gasteiger partial charge in [0.15, 0.2) is 10.9 Å². The van der Waals surface area contributed by atoms with Gasteiger partial charge in [0, 0.05) is 24.6 Å². The summed E-state index contributed by atoms with van der Waals surface area (Å²) in [5, 5.41) is 12.4. The van der Waals surface area contributed by atoms with Crippen molar-refractivity contribution in [2.24, 2.45) is 0 Å². The number of hydrogen-bond acceptors (Lipinski definition) is 5. The number of ketones is 1. The summed E-state index contributed by atoms with van der Waals surface area (Å²) in [7, 11) is 0. The molecule has 4 rings (SSSR count). The van der Waals surface area contributed by atoms with Crippen LogP contribution in [0.5, 0.6) is 0 Å². The molecule has 3 aromatic carbocycles. The van der Waals surface area contributed by atoms with Crippen LogP contribution in [0.2, 0.25) is 0 Å². The molecule has 1 heterocycles. The van der Waals surface area contributed by atoms with Crippen molar-refractivity contribution < 1.29 is 9.59 Å². The smallest absolute Gasteiger partial charge is 0.217 e. The Morgan fingerprint density at radius 1 is 0.912 bits per heavy atom. The van der Waals surface area contributed by atoms with Crippen LogP contribution < -0.4 is 5.32 Å². The topological polar surface area (TPSA) is 76.9 Å². The van der Waals surface area contributed by atoms with Crippen molar-refractivity contribution in [3.8, 4) is 5.69 Å². The number of nitrogens with zero attached hydrogens (tertiary/aromatic N) is 3. The predicted molar refractivity (Wildman–Crippen MR) is 134 cm³/mol. The minimum absolute atomic E-state index is 0.0101. The molecule has 0 saturated carbocycles. The lowest BCUT2D eigenvalue weighted by Crippen LogP contribution is -2.23. The Labute approximate surface area is 203 Å². The lowest BCUT2D eigenvalue weighted by atomic mass is 10.0. The Balaban J connectivity index is 1.50. The van der Waals surface area contributed by atoms with Gasteiger partial charge in [0.1, 0.15) is 5.82 Å². The fraction of sp³-hybridized carbons (Fsp3) is 0.185. The maximum atomic E-state index is 12.9. The molecule has 0 saturated heterocycles. The third-order valence-corrected chi connectivity index (χ3v) is 6.33. The number of nitrogens with one attached hydrogen (secondary N) is 1. The molecule has 7 heteroatoms. The Hall–Kier alpha value is -3.71. The van der Waals surface area contributed by atoms with Crippen molar-refractivity contribution in [3.63, 3.8) is 0 Å². The standard InChI is InChI=1S/C27H26N4O2S/c1-19(28-20(2)32)22-13-15-23(16-14-22)25(33)18-34-27-30-29-26(17-21-9-5-3-6-10-21)31(27)24-11-7-4-8-12-24/h3-16,19H,17-18H2,1-2H3,(H,28,32). The van der Waals surface area contributed by atoms with E-state index in [-0.39, 0.29) is 23.5 Å². The summed E-state index contributed by atoms with van der Waals surface area (Å²) >= 11 is 1.38. The fourth-order valence-electron chi connectivity index (χ4n) is 3.68. The van der Waals surface area contributed by atoms with E-state index < -0.39 is 0 Å². The van der Waals surface area contributed by atoms with E-state index in [0.29, 0.717) is 17.1 Å². The largest absolute Gasteiger partial charge is 0.350 e. The highest BCUT2D eigenvalue weighted by Crippen LogP contribution is 2.24. The second-order valence-electron chi connectivity index (χ2n) is 7.99. The third kappa shape index (κ3) is 5.80. The molecule has 1 aromatic heterocycles. The zero-order valence-electron chi connectivity index (χ0n) is 19.1. The fourth-order valence-corrected chi connectivity index (χ4v) is 4.55. The highest BCUT2D eigenvalue weighted by atomic mass is 32.2. The lowest BCUT2D eigenvalue weighted by molar-refractivity contribution is -0.119. The van der Waals surface area contributed by atoms with Gasteiger partial charge in [-0.1, -0.05) is 84.6 Å². The monoisotopic (exact) mass is 470 g/mol. The van der Waals surface area contributed by atoms with Crippen LogP contribution in [0.3, 0.4) is 0 Å². The molecule has 1 amide bonds. The first kappa shape index (κ1) is 23.4. The molecular weight excluding hydrogens is 444 g/mol. The Morgan fingerprint density at radius 2 is 1.56 bits per heavy atom. The number of aromatic nitrogens is 3. The van der Waals surface area contributed by atoms with E-state index in [9.17, 15) is 9.59 Å². The number of carbonyl (C=O) groups is 2. The Kier molecular flexibility index (Phi) is 7.54. The van der Waals surface area contributed by atoms with Gasteiger partial charge >= 0.3 is 0 Å². The zero-order chi connectivity index (χ0) is 23.9. The molecule has 1 atom stereocenters. The molecule has 34 heavy (non-hydrogen) atoms. The van der Waals surface area contributed by atoms with E-state index >= 15 is 0 Å². The van der Waals surface area contributed by atoms with Crippen LogP contribution in [-0.4, -0.2) is 32.2 Å². The van der Waals surface area contributed by atoms with Gasteiger partial charge < -0.3 is 5.32 Å². The first-order chi connectivity index (χ1) is 16.5. The van der Waals surface area contributed by atoms with Crippen molar-refractivity contribution in [1.82, 2.24) is 20.1 Å². The molecule has 0 fully saturated rings. The summed E-state index contributed by atoms with van der Waals surface area (Å²) in [5.41, 5.74) is 3.69. The summed E-state index contributed by atoms with van der Waals surface area (Å²) in [6.07, 6.45) is 0.644. The summed E-state index contributed by atoms with van der Waals surface area (Å²) in [6, 6.07) is 27.3. The Morgan fingerprint density at radius 3 is 2.21 bits per heavy atom. The van der Waals surface area contributed by atoms with Gasteiger partial charge in [-0.2, -0.15) is 0 Å². The maximum absolute atomic E-state index is 12.9. The minimum Gasteiger partial charge on any atom is -0.350 e. The van der Waals surface area contributed by atoms with Crippen LogP contribution in [-0.2, 0) is 11.2 Å². The number of benzene rings is 3. The van der Waals surface area contributed by atoms with Gasteiger partial charge in [0.05, 0.1) is 11.8 Å². The number of hydrogen-bond donors (Lipinski definition) is 1. The molecule has 4 aromatic rings. The number of amides is 1. The molecule has 0 aliphatic carbocycles. The molecular formula is C27H26N4O2S. The Bertz CT molecular complexity index is 1260. The number of para-hydroxylation sites is 1. The van der Waals surface area contributed by atoms with Crippen molar-refractivity contribution in [2.75, 3.05) is 5.75 Å². The van der Waals surface area contributed by atoms with Crippen molar-refractivity contribution in [3.05, 3.63) is 107 Å². The lowest BCUT2D eigenvalue weighted by Gasteiger charge is -2.13. The van der Waals surface area contributed by atoms with Crippen LogP contribution in [0.1, 0.15) is 47.2 Å². The number of carbonyl (C=O) groups excluding carboxylic acids is 2. The first-order valence-corrected chi connectivity index (χ1v) is 12.1. The normalized spacial score (nSPS) is 11.7. The average Bonchev–Trinajstić information content (AvgIpc) is 3.25. The molecule has 0 bridgehead atoms. The van der Waals surface area contributed by atoms with Crippen molar-refractivity contribution in [2.45, 2.75) is 31.5 Å². The SMILES string of the molecule is CC(=O)NC(C)c1ccc(C(=O)CSc2nnc(Cc3ccccc3)n2-c2ccccc2)cc1. The van der Waals surface area contributed by atoms with E-state index in [1.54, 1.807) is 12.1 Å². The molecule has 172 valence electrons. The minimum atomic E-state index is -0.108. The molecule has 0 aliphatic heterocycles. The summed E-state index contributed by atoms with van der Waals surface area (Å²) < 4.78 is 2.02. The van der Waals surface area contributed by atoms with Crippen LogP contribution >= 0.6 is 11.8 Å². The van der Waals surface area contributed by atoms with Crippen LogP contribution in [0.4, 0.5) is 0 Å². The summed E-state index contributed by atoms with van der Waals surface area (Å²) in [5.74, 6) is 0.995. The van der Waals surface area contributed by atoms with Crippen LogP contribution in [0.25, 0.3) is 5.69 Å². The quantitative estimate of drug-likeness (QED) is 0.274. The van der Waals surface area contributed by atoms with E-state index in [1.165, 1.54) is 18.7 Å². The van der Waals surface area contributed by atoms with Gasteiger partial charge in [0.2, 0.25) is 5.91 Å². The van der Waals surface area contributed by atoms with E-state index in [0.717, 1.165) is 22.6 Å². The van der Waals surface area contributed by atoms with Crippen LogP contribution in [0, 0.1) is 0 Å². The van der Waals surface area contributed by atoms with E-state index in [2.05, 4.69) is 27.6 Å². The van der Waals surface area contributed by atoms with Gasteiger partial charge in [-0.3, -0.25) is 14.2 Å². The number of Topliss-reactive ketones (excluding diaryl/α,β-unsaturated/α-hetero) is 1. The zero-order valence-corrected chi connectivity index (χ0v) is 20.0. The van der Waals surface area contributed by atoms with Gasteiger partial charge in [0.25, 0.3) is 0 Å². The maximum Gasteiger partial charge on any atom is 0.217 e. The van der Waals surface area contributed by atoms with E-state index in [1.807, 2.05) is 72.2 Å². The van der Waals surface area contributed by atoms with Crippen LogP contribution in [0.15, 0.2) is 90.1 Å². The highest BCUT2D eigenvalue weighted by molar-refractivity contribution is 7.99.